The number of hydrogen-bond acceptors (Lipinski definition) is 4. The zero-order valence-electron chi connectivity index (χ0n) is 12.2. The fourth-order valence-corrected chi connectivity index (χ4v) is 2.35. The Morgan fingerprint density at radius 1 is 1.39 bits per heavy atom. The Kier molecular flexibility index (Phi) is 4.05. The van der Waals surface area contributed by atoms with E-state index in [1.54, 1.807) is 4.90 Å². The van der Waals surface area contributed by atoms with E-state index in [1.165, 1.54) is 7.11 Å². The van der Waals surface area contributed by atoms with Gasteiger partial charge in [0.2, 0.25) is 5.91 Å². The molecule has 5 nitrogen and oxygen atoms in total. The van der Waals surface area contributed by atoms with Gasteiger partial charge in [-0.2, -0.15) is 0 Å². The van der Waals surface area contributed by atoms with Gasteiger partial charge in [-0.3, -0.25) is 14.5 Å². The van der Waals surface area contributed by atoms with Crippen molar-refractivity contribution in [1.82, 2.24) is 9.80 Å². The van der Waals surface area contributed by atoms with E-state index < -0.39 is 11.0 Å². The second-order valence-corrected chi connectivity index (χ2v) is 6.08. The van der Waals surface area contributed by atoms with Gasteiger partial charge in [0.05, 0.1) is 18.1 Å². The first kappa shape index (κ1) is 15.0. The quantitative estimate of drug-likeness (QED) is 0.699. The molecule has 0 aliphatic carbocycles. The number of amides is 1. The van der Waals surface area contributed by atoms with Crippen LogP contribution in [0.3, 0.4) is 0 Å². The zero-order valence-corrected chi connectivity index (χ0v) is 12.2. The fraction of sp³-hybridized carbons (Fsp3) is 0.846. The van der Waals surface area contributed by atoms with E-state index in [9.17, 15) is 9.59 Å². The van der Waals surface area contributed by atoms with Crippen molar-refractivity contribution in [2.24, 2.45) is 5.41 Å². The van der Waals surface area contributed by atoms with Crippen molar-refractivity contribution in [1.29, 1.82) is 0 Å². The van der Waals surface area contributed by atoms with Gasteiger partial charge in [-0.1, -0.05) is 0 Å². The predicted octanol–water partition coefficient (Wildman–Crippen LogP) is 0.738. The summed E-state index contributed by atoms with van der Waals surface area (Å²) in [6.45, 7) is 9.48. The summed E-state index contributed by atoms with van der Waals surface area (Å²) in [6, 6.07) is 0. The standard InChI is InChI=1S/C13H24N2O3/c1-12(2,11(17)18-6)9-15-8-7-14(5)10(16)13(15,3)4/h7-9H2,1-6H3. The topological polar surface area (TPSA) is 49.9 Å². The van der Waals surface area contributed by atoms with Crippen LogP contribution in [0.4, 0.5) is 0 Å². The predicted molar refractivity (Wildman–Crippen MR) is 69.1 cm³/mol. The van der Waals surface area contributed by atoms with Gasteiger partial charge in [0.1, 0.15) is 0 Å². The smallest absolute Gasteiger partial charge is 0.312 e. The molecule has 5 heteroatoms. The summed E-state index contributed by atoms with van der Waals surface area (Å²) in [7, 11) is 3.21. The summed E-state index contributed by atoms with van der Waals surface area (Å²) >= 11 is 0. The van der Waals surface area contributed by atoms with E-state index in [2.05, 4.69) is 4.90 Å². The third-order valence-corrected chi connectivity index (χ3v) is 3.69. The van der Waals surface area contributed by atoms with Crippen LogP contribution in [-0.2, 0) is 14.3 Å². The van der Waals surface area contributed by atoms with Gasteiger partial charge in [-0.25, -0.2) is 0 Å². The van der Waals surface area contributed by atoms with Crippen molar-refractivity contribution in [3.63, 3.8) is 0 Å². The van der Waals surface area contributed by atoms with Crippen molar-refractivity contribution >= 4 is 11.9 Å². The highest BCUT2D eigenvalue weighted by Crippen LogP contribution is 2.27. The summed E-state index contributed by atoms with van der Waals surface area (Å²) in [4.78, 5) is 27.7. The van der Waals surface area contributed by atoms with Crippen LogP contribution in [0.1, 0.15) is 27.7 Å². The summed E-state index contributed by atoms with van der Waals surface area (Å²) in [5.74, 6) is -0.154. The number of esters is 1. The van der Waals surface area contributed by atoms with Crippen LogP contribution in [0, 0.1) is 5.41 Å². The lowest BCUT2D eigenvalue weighted by molar-refractivity contribution is -0.158. The Morgan fingerprint density at radius 3 is 2.44 bits per heavy atom. The molecular formula is C13H24N2O3. The van der Waals surface area contributed by atoms with Crippen LogP contribution < -0.4 is 0 Å². The molecule has 1 amide bonds. The third kappa shape index (κ3) is 2.66. The number of ether oxygens (including phenoxy) is 1. The second kappa shape index (κ2) is 4.88. The first-order chi connectivity index (χ1) is 8.13. The molecule has 1 aliphatic rings. The molecule has 0 atom stereocenters. The number of carbonyl (C=O) groups is 2. The van der Waals surface area contributed by atoms with Gasteiger partial charge in [0, 0.05) is 26.7 Å². The molecule has 1 aliphatic heterocycles. The molecule has 104 valence electrons. The van der Waals surface area contributed by atoms with Gasteiger partial charge < -0.3 is 9.64 Å². The summed E-state index contributed by atoms with van der Waals surface area (Å²) in [6.07, 6.45) is 0. The lowest BCUT2D eigenvalue weighted by atomic mass is 9.88. The second-order valence-electron chi connectivity index (χ2n) is 6.08. The number of piperazine rings is 1. The molecule has 0 radical (unpaired) electrons. The normalized spacial score (nSPS) is 21.0. The Labute approximate surface area is 109 Å². The number of carbonyl (C=O) groups excluding carboxylic acids is 2. The molecular weight excluding hydrogens is 232 g/mol. The van der Waals surface area contributed by atoms with Crippen LogP contribution in [0.5, 0.6) is 0 Å². The fourth-order valence-electron chi connectivity index (χ4n) is 2.35. The summed E-state index contributed by atoms with van der Waals surface area (Å²) in [5.41, 5.74) is -1.18. The third-order valence-electron chi connectivity index (χ3n) is 3.69. The lowest BCUT2D eigenvalue weighted by Crippen LogP contribution is -2.63. The van der Waals surface area contributed by atoms with E-state index in [1.807, 2.05) is 34.7 Å². The molecule has 1 rings (SSSR count). The Hall–Kier alpha value is -1.10. The number of nitrogens with zero attached hydrogens (tertiary/aromatic N) is 2. The van der Waals surface area contributed by atoms with E-state index >= 15 is 0 Å². The maximum absolute atomic E-state index is 12.2. The number of likely N-dealkylation sites (N-methyl/N-ethyl adjacent to an activating group) is 1. The first-order valence-electron chi connectivity index (χ1n) is 6.22. The highest BCUT2D eigenvalue weighted by Gasteiger charge is 2.44. The monoisotopic (exact) mass is 256 g/mol. The molecule has 0 aromatic heterocycles. The highest BCUT2D eigenvalue weighted by molar-refractivity contribution is 5.86. The van der Waals surface area contributed by atoms with Crippen molar-refractivity contribution in [2.45, 2.75) is 33.2 Å². The molecule has 0 bridgehead atoms. The molecule has 0 saturated carbocycles. The van der Waals surface area contributed by atoms with Crippen LogP contribution in [0.2, 0.25) is 0 Å². The summed E-state index contributed by atoms with van der Waals surface area (Å²) < 4.78 is 4.81. The van der Waals surface area contributed by atoms with Crippen LogP contribution in [0.25, 0.3) is 0 Å². The van der Waals surface area contributed by atoms with Gasteiger partial charge in [0.15, 0.2) is 0 Å². The van der Waals surface area contributed by atoms with E-state index in [-0.39, 0.29) is 11.9 Å². The molecule has 0 unspecified atom stereocenters. The van der Waals surface area contributed by atoms with Crippen LogP contribution >= 0.6 is 0 Å². The zero-order chi connectivity index (χ0) is 14.1. The van der Waals surface area contributed by atoms with Crippen molar-refractivity contribution in [3.8, 4) is 0 Å². The maximum Gasteiger partial charge on any atom is 0.312 e. The molecule has 0 spiro atoms. The van der Waals surface area contributed by atoms with Gasteiger partial charge in [0.25, 0.3) is 0 Å². The molecule has 18 heavy (non-hydrogen) atoms. The first-order valence-corrected chi connectivity index (χ1v) is 6.22. The van der Waals surface area contributed by atoms with Crippen LogP contribution in [-0.4, -0.2) is 61.0 Å². The Balaban J connectivity index is 2.85. The number of methoxy groups -OCH3 is 1. The minimum atomic E-state index is -0.609. The average Bonchev–Trinajstić information content (AvgIpc) is 2.29. The van der Waals surface area contributed by atoms with Crippen molar-refractivity contribution in [2.75, 3.05) is 33.8 Å². The lowest BCUT2D eigenvalue weighted by Gasteiger charge is -2.46. The average molecular weight is 256 g/mol. The number of hydrogen-bond donors (Lipinski definition) is 0. The van der Waals surface area contributed by atoms with Crippen molar-refractivity contribution in [3.05, 3.63) is 0 Å². The number of rotatable bonds is 3. The molecule has 0 aromatic rings. The Morgan fingerprint density at radius 2 is 1.94 bits per heavy atom. The molecule has 0 aromatic carbocycles. The highest BCUT2D eigenvalue weighted by atomic mass is 16.5. The van der Waals surface area contributed by atoms with Crippen molar-refractivity contribution < 1.29 is 14.3 Å². The van der Waals surface area contributed by atoms with E-state index in [0.717, 1.165) is 6.54 Å². The largest absolute Gasteiger partial charge is 0.469 e. The van der Waals surface area contributed by atoms with E-state index in [4.69, 9.17) is 4.74 Å². The molecule has 0 N–H and O–H groups in total. The molecule has 1 heterocycles. The molecule has 1 saturated heterocycles. The van der Waals surface area contributed by atoms with E-state index in [0.29, 0.717) is 13.1 Å². The maximum atomic E-state index is 12.2. The minimum absolute atomic E-state index is 0.0921. The van der Waals surface area contributed by atoms with Gasteiger partial charge >= 0.3 is 5.97 Å². The van der Waals surface area contributed by atoms with Gasteiger partial charge in [-0.15, -0.1) is 0 Å². The Bertz CT molecular complexity index is 350. The minimum Gasteiger partial charge on any atom is -0.469 e. The SMILES string of the molecule is COC(=O)C(C)(C)CN1CCN(C)C(=O)C1(C)C. The summed E-state index contributed by atoms with van der Waals surface area (Å²) in [5, 5.41) is 0. The van der Waals surface area contributed by atoms with Gasteiger partial charge in [-0.05, 0) is 27.7 Å². The molecule has 1 fully saturated rings. The van der Waals surface area contributed by atoms with Crippen LogP contribution in [0.15, 0.2) is 0 Å².